The molecule has 0 aliphatic carbocycles. The molecule has 0 aromatic carbocycles. The number of aryl methyl sites for hydroxylation is 1. The first-order valence-electron chi connectivity index (χ1n) is 5.94. The quantitative estimate of drug-likeness (QED) is 0.855. The number of hydrogen-bond donors (Lipinski definition) is 1. The molecule has 0 spiro atoms. The Morgan fingerprint density at radius 1 is 1.29 bits per heavy atom. The van der Waals surface area contributed by atoms with E-state index in [-0.39, 0.29) is 0 Å². The van der Waals surface area contributed by atoms with E-state index in [1.807, 2.05) is 36.9 Å². The third-order valence-electron chi connectivity index (χ3n) is 2.91. The van der Waals surface area contributed by atoms with Gasteiger partial charge in [-0.1, -0.05) is 0 Å². The van der Waals surface area contributed by atoms with Crippen molar-refractivity contribution in [1.82, 2.24) is 19.9 Å². The van der Waals surface area contributed by atoms with Crippen molar-refractivity contribution < 1.29 is 0 Å². The zero-order chi connectivity index (χ0) is 12.1. The molecule has 0 amide bonds. The average molecular weight is 230 g/mol. The van der Waals surface area contributed by atoms with Crippen LogP contribution in [0.4, 0.5) is 0 Å². The molecule has 4 nitrogen and oxygen atoms in total. The van der Waals surface area contributed by atoms with Gasteiger partial charge in [-0.2, -0.15) is 0 Å². The number of pyridine rings is 1. The van der Waals surface area contributed by atoms with E-state index >= 15 is 0 Å². The molecule has 0 unspecified atom stereocenters. The van der Waals surface area contributed by atoms with Crippen LogP contribution in [0.2, 0.25) is 0 Å². The van der Waals surface area contributed by atoms with Gasteiger partial charge in [0.25, 0.3) is 0 Å². The average Bonchev–Trinajstić information content (AvgIpc) is 2.84. The summed E-state index contributed by atoms with van der Waals surface area (Å²) in [5.41, 5.74) is 1.25. The van der Waals surface area contributed by atoms with E-state index in [0.29, 0.717) is 6.04 Å². The molecule has 2 aromatic rings. The largest absolute Gasteiger partial charge is 0.334 e. The molecule has 2 rings (SSSR count). The van der Waals surface area contributed by atoms with Gasteiger partial charge in [-0.3, -0.25) is 4.98 Å². The maximum absolute atomic E-state index is 4.34. The van der Waals surface area contributed by atoms with E-state index in [9.17, 15) is 0 Å². The first kappa shape index (κ1) is 11.8. The highest BCUT2D eigenvalue weighted by atomic mass is 15.1. The van der Waals surface area contributed by atoms with E-state index < -0.39 is 0 Å². The number of rotatable bonds is 5. The SMILES string of the molecule is CCn1ccnc1CN[C@@H](C)c1ccncc1. The van der Waals surface area contributed by atoms with Gasteiger partial charge >= 0.3 is 0 Å². The topological polar surface area (TPSA) is 42.7 Å². The Balaban J connectivity index is 1.95. The molecule has 17 heavy (non-hydrogen) atoms. The molecule has 0 saturated heterocycles. The molecular formula is C13H18N4. The molecule has 4 heteroatoms. The molecule has 2 heterocycles. The maximum Gasteiger partial charge on any atom is 0.122 e. The van der Waals surface area contributed by atoms with E-state index in [1.54, 1.807) is 0 Å². The summed E-state index contributed by atoms with van der Waals surface area (Å²) in [6, 6.07) is 4.37. The summed E-state index contributed by atoms with van der Waals surface area (Å²) >= 11 is 0. The van der Waals surface area contributed by atoms with E-state index in [4.69, 9.17) is 0 Å². The van der Waals surface area contributed by atoms with Crippen LogP contribution in [-0.4, -0.2) is 14.5 Å². The molecule has 90 valence electrons. The summed E-state index contributed by atoms with van der Waals surface area (Å²) in [4.78, 5) is 8.36. The fourth-order valence-corrected chi connectivity index (χ4v) is 1.81. The van der Waals surface area contributed by atoms with Gasteiger partial charge in [0.1, 0.15) is 5.82 Å². The number of nitrogens with zero attached hydrogens (tertiary/aromatic N) is 3. The fraction of sp³-hybridized carbons (Fsp3) is 0.385. The van der Waals surface area contributed by atoms with E-state index in [0.717, 1.165) is 18.9 Å². The standard InChI is InChI=1S/C13H18N4/c1-3-17-9-8-15-13(17)10-16-11(2)12-4-6-14-7-5-12/h4-9,11,16H,3,10H2,1-2H3/t11-/m0/s1. The van der Waals surface area contributed by atoms with Crippen molar-refractivity contribution in [3.63, 3.8) is 0 Å². The summed E-state index contributed by atoms with van der Waals surface area (Å²) in [6.07, 6.45) is 7.49. The Labute approximate surface area is 102 Å². The molecule has 0 fully saturated rings. The van der Waals surface area contributed by atoms with Gasteiger partial charge in [0.05, 0.1) is 6.54 Å². The van der Waals surface area contributed by atoms with Crippen LogP contribution in [0.3, 0.4) is 0 Å². The van der Waals surface area contributed by atoms with Crippen molar-refractivity contribution in [2.75, 3.05) is 0 Å². The summed E-state index contributed by atoms with van der Waals surface area (Å²) in [7, 11) is 0. The normalized spacial score (nSPS) is 12.6. The highest BCUT2D eigenvalue weighted by Gasteiger charge is 2.06. The highest BCUT2D eigenvalue weighted by molar-refractivity contribution is 5.14. The third-order valence-corrected chi connectivity index (χ3v) is 2.91. The Kier molecular flexibility index (Phi) is 3.88. The smallest absolute Gasteiger partial charge is 0.122 e. The zero-order valence-electron chi connectivity index (χ0n) is 10.3. The van der Waals surface area contributed by atoms with Crippen LogP contribution in [0.1, 0.15) is 31.3 Å². The van der Waals surface area contributed by atoms with Crippen LogP contribution in [0, 0.1) is 0 Å². The van der Waals surface area contributed by atoms with Crippen LogP contribution in [-0.2, 0) is 13.1 Å². The Morgan fingerprint density at radius 2 is 2.06 bits per heavy atom. The van der Waals surface area contributed by atoms with Crippen molar-refractivity contribution in [2.45, 2.75) is 33.0 Å². The molecule has 2 aromatic heterocycles. The second kappa shape index (κ2) is 5.59. The molecule has 0 radical (unpaired) electrons. The molecule has 0 aliphatic heterocycles. The van der Waals surface area contributed by atoms with Gasteiger partial charge < -0.3 is 9.88 Å². The fourth-order valence-electron chi connectivity index (χ4n) is 1.81. The van der Waals surface area contributed by atoms with Crippen LogP contribution in [0.25, 0.3) is 0 Å². The molecular weight excluding hydrogens is 212 g/mol. The summed E-state index contributed by atoms with van der Waals surface area (Å²) in [5.74, 6) is 1.08. The van der Waals surface area contributed by atoms with Crippen molar-refractivity contribution in [3.05, 3.63) is 48.3 Å². The molecule has 1 atom stereocenters. The zero-order valence-corrected chi connectivity index (χ0v) is 10.3. The predicted octanol–water partition coefficient (Wildman–Crippen LogP) is 2.15. The van der Waals surface area contributed by atoms with Gasteiger partial charge in [0, 0.05) is 37.4 Å². The van der Waals surface area contributed by atoms with Crippen molar-refractivity contribution in [3.8, 4) is 0 Å². The summed E-state index contributed by atoms with van der Waals surface area (Å²) in [6.45, 7) is 6.01. The van der Waals surface area contributed by atoms with Crippen molar-refractivity contribution in [2.24, 2.45) is 0 Å². The monoisotopic (exact) mass is 230 g/mol. The Hall–Kier alpha value is -1.68. The second-order valence-corrected chi connectivity index (χ2v) is 4.01. The van der Waals surface area contributed by atoms with Gasteiger partial charge in [-0.05, 0) is 31.5 Å². The lowest BCUT2D eigenvalue weighted by atomic mass is 10.1. The second-order valence-electron chi connectivity index (χ2n) is 4.01. The van der Waals surface area contributed by atoms with Crippen molar-refractivity contribution in [1.29, 1.82) is 0 Å². The van der Waals surface area contributed by atoms with Crippen LogP contribution >= 0.6 is 0 Å². The highest BCUT2D eigenvalue weighted by Crippen LogP contribution is 2.10. The van der Waals surface area contributed by atoms with Gasteiger partial charge in [-0.15, -0.1) is 0 Å². The maximum atomic E-state index is 4.34. The number of imidazole rings is 1. The minimum absolute atomic E-state index is 0.306. The predicted molar refractivity (Wildman–Crippen MR) is 67.4 cm³/mol. The molecule has 0 bridgehead atoms. The minimum atomic E-state index is 0.306. The Morgan fingerprint density at radius 3 is 2.76 bits per heavy atom. The van der Waals surface area contributed by atoms with Crippen molar-refractivity contribution >= 4 is 0 Å². The summed E-state index contributed by atoms with van der Waals surface area (Å²) < 4.78 is 2.15. The van der Waals surface area contributed by atoms with Gasteiger partial charge in [0.15, 0.2) is 0 Å². The van der Waals surface area contributed by atoms with Crippen LogP contribution in [0.5, 0.6) is 0 Å². The molecule has 1 N–H and O–H groups in total. The lowest BCUT2D eigenvalue weighted by Crippen LogP contribution is -2.20. The molecule has 0 saturated carbocycles. The van der Waals surface area contributed by atoms with E-state index in [1.165, 1.54) is 5.56 Å². The lowest BCUT2D eigenvalue weighted by Gasteiger charge is -2.14. The van der Waals surface area contributed by atoms with Gasteiger partial charge in [-0.25, -0.2) is 4.98 Å². The van der Waals surface area contributed by atoms with Crippen LogP contribution < -0.4 is 5.32 Å². The number of nitrogens with one attached hydrogen (secondary N) is 1. The van der Waals surface area contributed by atoms with Crippen LogP contribution in [0.15, 0.2) is 36.9 Å². The molecule has 0 aliphatic rings. The first-order chi connectivity index (χ1) is 8.31. The first-order valence-corrected chi connectivity index (χ1v) is 5.94. The number of aromatic nitrogens is 3. The summed E-state index contributed by atoms with van der Waals surface area (Å²) in [5, 5.41) is 3.46. The van der Waals surface area contributed by atoms with E-state index in [2.05, 4.69) is 33.7 Å². The third kappa shape index (κ3) is 2.91. The number of hydrogen-bond acceptors (Lipinski definition) is 3. The van der Waals surface area contributed by atoms with Gasteiger partial charge in [0.2, 0.25) is 0 Å². The Bertz CT molecular complexity index is 449. The minimum Gasteiger partial charge on any atom is -0.334 e. The lowest BCUT2D eigenvalue weighted by molar-refractivity contribution is 0.540.